The lowest BCUT2D eigenvalue weighted by molar-refractivity contribution is -0.140. The number of carbonyl (C=O) groups is 19. The summed E-state index contributed by atoms with van der Waals surface area (Å²) < 4.78 is 0. The second-order valence-corrected chi connectivity index (χ2v) is 40.2. The van der Waals surface area contributed by atoms with Crippen molar-refractivity contribution in [3.63, 3.8) is 0 Å². The van der Waals surface area contributed by atoms with E-state index in [1.54, 1.807) is 59.9 Å². The second kappa shape index (κ2) is 72.0. The fraction of sp³-hybridized carbons (Fsp3) is 0.683. The number of primary amides is 2. The summed E-state index contributed by atoms with van der Waals surface area (Å²) in [5, 5.41) is 76.4. The second-order valence-electron chi connectivity index (χ2n) is 40.2. The summed E-state index contributed by atoms with van der Waals surface area (Å²) in [5.41, 5.74) is 30.4. The molecular formula is C104H174N24O22. The fourth-order valence-corrected chi connectivity index (χ4v) is 17.4. The van der Waals surface area contributed by atoms with Gasteiger partial charge in [0.1, 0.15) is 90.3 Å². The maximum atomic E-state index is 14.8. The molecule has 19 amide bonds. The lowest BCUT2D eigenvalue weighted by Gasteiger charge is -2.29. The molecule has 2 heterocycles. The van der Waals surface area contributed by atoms with E-state index in [0.717, 1.165) is 36.6 Å². The van der Waals surface area contributed by atoms with Crippen molar-refractivity contribution in [1.29, 1.82) is 0 Å². The van der Waals surface area contributed by atoms with Crippen molar-refractivity contribution in [2.75, 3.05) is 66.0 Å². The first-order valence-corrected chi connectivity index (χ1v) is 53.5. The number of H-pyrrole nitrogens is 1. The zero-order chi connectivity index (χ0) is 111. The molecule has 1 fully saturated rings. The number of para-hydroxylation sites is 1. The van der Waals surface area contributed by atoms with Gasteiger partial charge >= 0.3 is 0 Å². The molecule has 4 rings (SSSR count). The quantitative estimate of drug-likeness (QED) is 0.0315. The third kappa shape index (κ3) is 50.4. The highest BCUT2D eigenvalue weighted by molar-refractivity contribution is 6.02. The summed E-state index contributed by atoms with van der Waals surface area (Å²) in [6.07, 6.45) is 18.3. The Morgan fingerprint density at radius 1 is 0.413 bits per heavy atom. The Morgan fingerprint density at radius 2 is 0.840 bits per heavy atom. The molecular weight excluding hydrogens is 1940 g/mol. The van der Waals surface area contributed by atoms with Crippen LogP contribution in [0.2, 0.25) is 0 Å². The van der Waals surface area contributed by atoms with E-state index < -0.39 is 223 Å². The molecule has 46 heteroatoms. The molecule has 31 N–H and O–H groups in total. The van der Waals surface area contributed by atoms with Gasteiger partial charge in [0.15, 0.2) is 0 Å². The number of rotatable bonds is 78. The minimum Gasteiger partial charge on any atom is -0.508 e. The number of likely N-dealkylation sites (tertiary alicyclic amines) is 1. The zero-order valence-corrected chi connectivity index (χ0v) is 89.4. The monoisotopic (exact) mass is 2110 g/mol. The highest BCUT2D eigenvalue weighted by atomic mass is 16.3. The molecule has 1 aliphatic heterocycles. The molecule has 0 saturated carbocycles. The molecule has 0 bridgehead atoms. The summed E-state index contributed by atoms with van der Waals surface area (Å²) in [6.45, 7) is 13.3. The summed E-state index contributed by atoms with van der Waals surface area (Å²) in [6, 6.07) is -7.43. The standard InChI is InChI=1S/C104H174N24O22/c1-11-12-13-14-15-16-17-18-19-20-21-22-23-42-86(133)111-50-33-29-40-76(96(142)120-75(39-28-32-49-107)95(141)119-74(38-27-31-48-106)94(140)118-73(91(109)137)37-26-30-47-105)121-103(149)84-41-34-51-128(84)89(136)61-114-93(139)77(52-63(2)3)122-97(143)78(53-64(4)5)123-99(145)80(55-68-43-45-70(131)46-44-68)116-88(135)60-113-92(138)66(8)115-102(148)83(62-129)126-100(146)82(57-85(108)132)124-98(144)79(54-65(6)7)125-104(150)90(67(9)130)127-101(147)81(117-87(134)59-110-10)56-69-58-112-72-36-25-24-35-71(69)72/h24-25,35-36,43-46,58,63-67,73-84,90,110,112,129-131H,11-23,26-34,37-42,47-57,59-62,105-107H2,1-10H3,(H2,108,132)(H2,109,137)(H,111,133)(H,113,138)(H,114,139)(H,115,148)(H,116,135)(H,117,134)(H,118,140)(H,119,141)(H,120,142)(H,121,149)(H,122,143)(H,123,145)(H,124,144)(H,125,150)(H,126,146)(H,127,147)/t66-,67+,73-,74-,75-,76-,77-,78-,79-,80-,81-,82-,83-,84-,90-/m0/s1. The number of unbranched alkanes of at least 4 members (excludes halogenated alkanes) is 16. The van der Waals surface area contributed by atoms with Gasteiger partial charge in [0, 0.05) is 49.5 Å². The molecule has 0 aliphatic carbocycles. The number of aromatic hydroxyl groups is 1. The molecule has 1 aliphatic rings. The number of aromatic nitrogens is 1. The van der Waals surface area contributed by atoms with Crippen LogP contribution >= 0.6 is 0 Å². The minimum atomic E-state index is -1.90. The number of hydrogen-bond donors (Lipinski definition) is 26. The van der Waals surface area contributed by atoms with E-state index in [2.05, 4.69) is 102 Å². The number of aliphatic hydroxyl groups excluding tert-OH is 2. The number of phenolic OH excluding ortho intramolecular Hbond substituents is 1. The largest absolute Gasteiger partial charge is 0.508 e. The number of nitrogens with zero attached hydrogens (tertiary/aromatic N) is 1. The lowest BCUT2D eigenvalue weighted by atomic mass is 9.99. The van der Waals surface area contributed by atoms with Crippen LogP contribution in [0.15, 0.2) is 54.7 Å². The minimum absolute atomic E-state index is 0.00106. The van der Waals surface area contributed by atoms with Crippen molar-refractivity contribution in [2.45, 2.75) is 371 Å². The third-order valence-corrected chi connectivity index (χ3v) is 25.7. The maximum absolute atomic E-state index is 14.8. The molecule has 1 saturated heterocycles. The molecule has 1 aromatic heterocycles. The average Bonchev–Trinajstić information content (AvgIpc) is 1.67. The molecule has 150 heavy (non-hydrogen) atoms. The highest BCUT2D eigenvalue weighted by Gasteiger charge is 2.41. The van der Waals surface area contributed by atoms with E-state index >= 15 is 0 Å². The Morgan fingerprint density at radius 3 is 1.35 bits per heavy atom. The van der Waals surface area contributed by atoms with E-state index in [1.165, 1.54) is 108 Å². The first kappa shape index (κ1) is 130. The van der Waals surface area contributed by atoms with E-state index in [9.17, 15) is 106 Å². The van der Waals surface area contributed by atoms with E-state index in [0.29, 0.717) is 75.5 Å². The molecule has 0 unspecified atom stereocenters. The van der Waals surface area contributed by atoms with Gasteiger partial charge in [-0.2, -0.15) is 0 Å². The van der Waals surface area contributed by atoms with Gasteiger partial charge in [0.05, 0.1) is 38.8 Å². The summed E-state index contributed by atoms with van der Waals surface area (Å²) in [4.78, 5) is 269. The Bertz CT molecular complexity index is 4750. The van der Waals surface area contributed by atoms with Crippen LogP contribution < -0.4 is 119 Å². The average molecular weight is 2110 g/mol. The lowest BCUT2D eigenvalue weighted by Crippen LogP contribution is -2.62. The maximum Gasteiger partial charge on any atom is 0.245 e. The SMILES string of the molecule is CCCCCCCCCCCCCCCC(=O)NCCCC[C@H](NC(=O)[C@@H]1CCCN1C(=O)CNC(=O)[C@H](CC(C)C)NC(=O)[C@H](CC(C)C)NC(=O)[C@H](Cc1ccc(O)cc1)NC(=O)CNC(=O)[C@H](C)NC(=O)[C@H](CO)NC(=O)[C@H](CC(N)=O)NC(=O)[C@H](CC(C)C)NC(=O)[C@@H](NC(=O)[C@H](Cc1c[nH]c2ccccc12)NC(=O)CNC)[C@@H](C)O)C(=O)N[C@@H](CCCCN)C(=O)N[C@@H](CCCCN)C(=O)N[C@@H](CCCCN)C(N)=O. The highest BCUT2D eigenvalue weighted by Crippen LogP contribution is 2.24. The molecule has 15 atom stereocenters. The van der Waals surface area contributed by atoms with Crippen LogP contribution in [0.5, 0.6) is 5.75 Å². The molecule has 46 nitrogen and oxygen atoms in total. The first-order chi connectivity index (χ1) is 71.5. The summed E-state index contributed by atoms with van der Waals surface area (Å²) >= 11 is 0. The smallest absolute Gasteiger partial charge is 0.245 e. The van der Waals surface area contributed by atoms with E-state index in [-0.39, 0.29) is 133 Å². The van der Waals surface area contributed by atoms with Crippen LogP contribution in [0.1, 0.15) is 279 Å². The van der Waals surface area contributed by atoms with Gasteiger partial charge in [0.2, 0.25) is 112 Å². The van der Waals surface area contributed by atoms with Gasteiger partial charge in [0.25, 0.3) is 0 Å². The van der Waals surface area contributed by atoms with E-state index in [1.807, 2.05) is 12.1 Å². The van der Waals surface area contributed by atoms with Crippen LogP contribution in [-0.2, 0) is 104 Å². The van der Waals surface area contributed by atoms with Crippen molar-refractivity contribution in [1.82, 2.24) is 100 Å². The molecule has 3 aromatic rings. The van der Waals surface area contributed by atoms with Gasteiger partial charge in [-0.1, -0.05) is 156 Å². The van der Waals surface area contributed by atoms with Crippen LogP contribution in [0, 0.1) is 17.8 Å². The number of nitrogens with two attached hydrogens (primary N) is 5. The predicted octanol–water partition coefficient (Wildman–Crippen LogP) is -0.549. The third-order valence-electron chi connectivity index (χ3n) is 25.7. The number of amides is 19. The summed E-state index contributed by atoms with van der Waals surface area (Å²) in [7, 11) is 1.52. The normalized spacial score (nSPS) is 15.2. The van der Waals surface area contributed by atoms with E-state index in [4.69, 9.17) is 28.7 Å². The van der Waals surface area contributed by atoms with Crippen molar-refractivity contribution < 1.29 is 106 Å². The van der Waals surface area contributed by atoms with Gasteiger partial charge in [-0.3, -0.25) is 91.1 Å². The molecule has 0 radical (unpaired) electrons. The first-order valence-electron chi connectivity index (χ1n) is 53.5. The number of nitrogens with one attached hydrogen (secondary N) is 18. The number of hydrogen-bond acceptors (Lipinski definition) is 26. The predicted molar refractivity (Wildman–Crippen MR) is 565 cm³/mol. The number of phenols is 1. The van der Waals surface area contributed by atoms with Gasteiger partial charge < -0.3 is 144 Å². The van der Waals surface area contributed by atoms with Gasteiger partial charge in [-0.05, 0) is 203 Å². The molecule has 2 aromatic carbocycles. The number of benzene rings is 2. The molecule has 842 valence electrons. The van der Waals surface area contributed by atoms with Crippen molar-refractivity contribution in [2.24, 2.45) is 46.4 Å². The number of aromatic amines is 1. The number of likely N-dealkylation sites (N-methyl/N-ethyl adjacent to an activating group) is 1. The van der Waals surface area contributed by atoms with Gasteiger partial charge in [-0.15, -0.1) is 0 Å². The Hall–Kier alpha value is -12.5. The van der Waals surface area contributed by atoms with Crippen LogP contribution in [0.25, 0.3) is 10.9 Å². The number of carbonyl (C=O) groups excluding carboxylic acids is 19. The van der Waals surface area contributed by atoms with Crippen molar-refractivity contribution >= 4 is 123 Å². The molecule has 0 spiro atoms. The number of fused-ring (bicyclic) bond motifs is 1. The van der Waals surface area contributed by atoms with Crippen LogP contribution in [0.3, 0.4) is 0 Å². The van der Waals surface area contributed by atoms with Gasteiger partial charge in [-0.25, -0.2) is 0 Å². The fourth-order valence-electron chi connectivity index (χ4n) is 17.4. The topological polar surface area (TPSA) is 739 Å². The zero-order valence-electron chi connectivity index (χ0n) is 89.4. The van der Waals surface area contributed by atoms with Crippen molar-refractivity contribution in [3.05, 3.63) is 65.9 Å². The van der Waals surface area contributed by atoms with Crippen molar-refractivity contribution in [3.8, 4) is 5.75 Å². The Kier molecular flexibility index (Phi) is 62.3. The Labute approximate surface area is 880 Å². The number of aliphatic hydroxyl groups is 2. The Balaban J connectivity index is 1.48. The van der Waals surface area contributed by atoms with Crippen LogP contribution in [-0.4, -0.2) is 294 Å². The van der Waals surface area contributed by atoms with Crippen LogP contribution in [0.4, 0.5) is 0 Å². The summed E-state index contributed by atoms with van der Waals surface area (Å²) in [5.74, 6) is -17.4.